The van der Waals surface area contributed by atoms with Crippen molar-refractivity contribution in [2.24, 2.45) is 5.73 Å². The normalized spacial score (nSPS) is 17.9. The minimum Gasteiger partial charge on any atom is -0.481 e. The second-order valence-electron chi connectivity index (χ2n) is 4.94. The highest BCUT2D eigenvalue weighted by atomic mass is 35.5. The monoisotopic (exact) mass is 298 g/mol. The summed E-state index contributed by atoms with van der Waals surface area (Å²) in [5.74, 6) is -0.911. The number of carbonyl (C=O) groups is 1. The molecule has 1 unspecified atom stereocenters. The van der Waals surface area contributed by atoms with Crippen molar-refractivity contribution in [3.63, 3.8) is 0 Å². The van der Waals surface area contributed by atoms with Gasteiger partial charge in [0.05, 0.1) is 19.6 Å². The van der Waals surface area contributed by atoms with Crippen LogP contribution in [0.25, 0.3) is 0 Å². The fraction of sp³-hybridized carbons (Fsp3) is 0.500. The Morgan fingerprint density at radius 1 is 1.45 bits per heavy atom. The van der Waals surface area contributed by atoms with Gasteiger partial charge in [-0.05, 0) is 17.2 Å². The SMILES string of the molecule is NC(CC(=O)O)c1ccc(CN2CCOCC2)c(Cl)c1. The van der Waals surface area contributed by atoms with Crippen molar-refractivity contribution >= 4 is 17.6 Å². The number of hydrogen-bond donors (Lipinski definition) is 2. The van der Waals surface area contributed by atoms with Crippen molar-refractivity contribution in [2.45, 2.75) is 19.0 Å². The van der Waals surface area contributed by atoms with Gasteiger partial charge in [0, 0.05) is 30.7 Å². The summed E-state index contributed by atoms with van der Waals surface area (Å²) in [6.45, 7) is 4.07. The number of nitrogens with zero attached hydrogens (tertiary/aromatic N) is 1. The van der Waals surface area contributed by atoms with Crippen LogP contribution in [0.15, 0.2) is 18.2 Å². The van der Waals surface area contributed by atoms with Crippen LogP contribution in [0.3, 0.4) is 0 Å². The Hall–Kier alpha value is -1.14. The quantitative estimate of drug-likeness (QED) is 0.864. The van der Waals surface area contributed by atoms with E-state index in [4.69, 9.17) is 27.2 Å². The number of carboxylic acid groups (broad SMARTS) is 1. The molecule has 0 saturated carbocycles. The second-order valence-corrected chi connectivity index (χ2v) is 5.35. The predicted molar refractivity (Wildman–Crippen MR) is 76.7 cm³/mol. The van der Waals surface area contributed by atoms with Gasteiger partial charge in [-0.1, -0.05) is 23.7 Å². The summed E-state index contributed by atoms with van der Waals surface area (Å²) in [6, 6.07) is 5.03. The maximum Gasteiger partial charge on any atom is 0.305 e. The van der Waals surface area contributed by atoms with Crippen LogP contribution in [0.4, 0.5) is 0 Å². The molecule has 0 spiro atoms. The van der Waals surface area contributed by atoms with Crippen LogP contribution >= 0.6 is 11.6 Å². The summed E-state index contributed by atoms with van der Waals surface area (Å²) in [5.41, 5.74) is 7.61. The Labute approximate surface area is 123 Å². The Bertz CT molecular complexity index is 475. The molecule has 110 valence electrons. The maximum absolute atomic E-state index is 10.7. The van der Waals surface area contributed by atoms with Crippen molar-refractivity contribution in [3.8, 4) is 0 Å². The van der Waals surface area contributed by atoms with Gasteiger partial charge in [-0.3, -0.25) is 9.69 Å². The van der Waals surface area contributed by atoms with Crippen molar-refractivity contribution in [3.05, 3.63) is 34.3 Å². The van der Waals surface area contributed by atoms with Gasteiger partial charge in [0.25, 0.3) is 0 Å². The molecule has 0 aliphatic carbocycles. The van der Waals surface area contributed by atoms with Crippen LogP contribution in [0.1, 0.15) is 23.6 Å². The first-order valence-electron chi connectivity index (χ1n) is 6.62. The fourth-order valence-electron chi connectivity index (χ4n) is 2.23. The molecular weight excluding hydrogens is 280 g/mol. The van der Waals surface area contributed by atoms with E-state index in [1.807, 2.05) is 12.1 Å². The summed E-state index contributed by atoms with van der Waals surface area (Å²) in [6.07, 6.45) is -0.0981. The van der Waals surface area contributed by atoms with Crippen LogP contribution in [-0.4, -0.2) is 42.3 Å². The molecule has 1 aliphatic heterocycles. The van der Waals surface area contributed by atoms with Crippen molar-refractivity contribution in [2.75, 3.05) is 26.3 Å². The Balaban J connectivity index is 2.03. The molecule has 0 radical (unpaired) electrons. The number of halogens is 1. The van der Waals surface area contributed by atoms with Gasteiger partial charge in [-0.25, -0.2) is 0 Å². The number of hydrogen-bond acceptors (Lipinski definition) is 4. The molecule has 3 N–H and O–H groups in total. The highest BCUT2D eigenvalue weighted by Gasteiger charge is 2.15. The highest BCUT2D eigenvalue weighted by molar-refractivity contribution is 6.31. The first-order chi connectivity index (χ1) is 9.56. The summed E-state index contributed by atoms with van der Waals surface area (Å²) in [4.78, 5) is 12.9. The Kier molecular flexibility index (Phi) is 5.37. The Morgan fingerprint density at radius 2 is 2.15 bits per heavy atom. The molecule has 5 nitrogen and oxygen atoms in total. The van der Waals surface area contributed by atoms with Gasteiger partial charge in [-0.15, -0.1) is 0 Å². The van der Waals surface area contributed by atoms with Crippen LogP contribution < -0.4 is 5.73 Å². The average Bonchev–Trinajstić information content (AvgIpc) is 2.41. The largest absolute Gasteiger partial charge is 0.481 e. The van der Waals surface area contributed by atoms with E-state index in [2.05, 4.69) is 4.90 Å². The molecule has 0 aromatic heterocycles. The summed E-state index contributed by atoms with van der Waals surface area (Å²) in [7, 11) is 0. The molecule has 1 aromatic rings. The molecule has 6 heteroatoms. The molecule has 1 aliphatic rings. The summed E-state index contributed by atoms with van der Waals surface area (Å²) in [5, 5.41) is 9.39. The zero-order valence-corrected chi connectivity index (χ0v) is 12.0. The topological polar surface area (TPSA) is 75.8 Å². The first kappa shape index (κ1) is 15.3. The van der Waals surface area contributed by atoms with Crippen LogP contribution in [0, 0.1) is 0 Å². The second kappa shape index (κ2) is 7.04. The van der Waals surface area contributed by atoms with Crippen LogP contribution in [-0.2, 0) is 16.1 Å². The van der Waals surface area contributed by atoms with Gasteiger partial charge in [-0.2, -0.15) is 0 Å². The molecule has 1 fully saturated rings. The zero-order valence-electron chi connectivity index (χ0n) is 11.2. The lowest BCUT2D eigenvalue weighted by Gasteiger charge is -2.27. The molecular formula is C14H19ClN2O3. The molecule has 1 atom stereocenters. The van der Waals surface area contributed by atoms with Crippen molar-refractivity contribution in [1.82, 2.24) is 4.90 Å². The van der Waals surface area contributed by atoms with E-state index < -0.39 is 12.0 Å². The van der Waals surface area contributed by atoms with Crippen LogP contribution in [0.2, 0.25) is 5.02 Å². The highest BCUT2D eigenvalue weighted by Crippen LogP contribution is 2.24. The van der Waals surface area contributed by atoms with Crippen molar-refractivity contribution < 1.29 is 14.6 Å². The lowest BCUT2D eigenvalue weighted by atomic mass is 10.0. The predicted octanol–water partition coefficient (Wildman–Crippen LogP) is 1.65. The number of benzene rings is 1. The van der Waals surface area contributed by atoms with E-state index >= 15 is 0 Å². The number of morpholine rings is 1. The van der Waals surface area contributed by atoms with E-state index in [-0.39, 0.29) is 6.42 Å². The smallest absolute Gasteiger partial charge is 0.305 e. The summed E-state index contributed by atoms with van der Waals surface area (Å²) >= 11 is 6.27. The fourth-order valence-corrected chi connectivity index (χ4v) is 2.48. The van der Waals surface area contributed by atoms with E-state index in [1.165, 1.54) is 0 Å². The minimum atomic E-state index is -0.911. The van der Waals surface area contributed by atoms with E-state index in [9.17, 15) is 4.79 Å². The third kappa shape index (κ3) is 4.18. The van der Waals surface area contributed by atoms with E-state index in [0.717, 1.165) is 44.0 Å². The third-order valence-electron chi connectivity index (χ3n) is 3.40. The molecule has 0 amide bonds. The standard InChI is InChI=1S/C14H19ClN2O3/c15-12-7-10(13(16)8-14(18)19)1-2-11(12)9-17-3-5-20-6-4-17/h1-2,7,13H,3-6,8-9,16H2,(H,18,19). The van der Waals surface area contributed by atoms with Gasteiger partial charge in [0.15, 0.2) is 0 Å². The number of nitrogens with two attached hydrogens (primary N) is 1. The third-order valence-corrected chi connectivity index (χ3v) is 3.75. The Morgan fingerprint density at radius 3 is 2.75 bits per heavy atom. The molecule has 1 saturated heterocycles. The lowest BCUT2D eigenvalue weighted by Crippen LogP contribution is -2.35. The van der Waals surface area contributed by atoms with Crippen molar-refractivity contribution in [1.29, 1.82) is 0 Å². The molecule has 0 bridgehead atoms. The molecule has 1 heterocycles. The molecule has 20 heavy (non-hydrogen) atoms. The average molecular weight is 299 g/mol. The van der Waals surface area contributed by atoms with Crippen LogP contribution in [0.5, 0.6) is 0 Å². The van der Waals surface area contributed by atoms with Gasteiger partial charge < -0.3 is 15.6 Å². The minimum absolute atomic E-state index is 0.0981. The zero-order chi connectivity index (χ0) is 14.5. The number of carboxylic acids is 1. The van der Waals surface area contributed by atoms with Gasteiger partial charge in [0.2, 0.25) is 0 Å². The maximum atomic E-state index is 10.7. The van der Waals surface area contributed by atoms with E-state index in [0.29, 0.717) is 5.02 Å². The first-order valence-corrected chi connectivity index (χ1v) is 7.00. The lowest BCUT2D eigenvalue weighted by molar-refractivity contribution is -0.137. The van der Waals surface area contributed by atoms with Gasteiger partial charge >= 0.3 is 5.97 Å². The number of rotatable bonds is 5. The van der Waals surface area contributed by atoms with E-state index in [1.54, 1.807) is 6.07 Å². The molecule has 2 rings (SSSR count). The molecule has 1 aromatic carbocycles. The number of ether oxygens (including phenoxy) is 1. The van der Waals surface area contributed by atoms with Gasteiger partial charge in [0.1, 0.15) is 0 Å². The number of aliphatic carboxylic acids is 1. The summed E-state index contributed by atoms with van der Waals surface area (Å²) < 4.78 is 5.31.